The third-order valence-electron chi connectivity index (χ3n) is 2.47. The van der Waals surface area contributed by atoms with Gasteiger partial charge < -0.3 is 10.3 Å². The van der Waals surface area contributed by atoms with Gasteiger partial charge in [-0.25, -0.2) is 15.8 Å². The number of aromatic nitrogens is 2. The highest BCUT2D eigenvalue weighted by atomic mass is 19.4. The maximum absolute atomic E-state index is 12.5. The Bertz CT molecular complexity index is 419. The largest absolute Gasteiger partial charge is 0.405 e. The highest BCUT2D eigenvalue weighted by molar-refractivity contribution is 5.49. The molecule has 19 heavy (non-hydrogen) atoms. The molecule has 0 aliphatic heterocycles. The van der Waals surface area contributed by atoms with E-state index in [9.17, 15) is 13.2 Å². The van der Waals surface area contributed by atoms with Crippen LogP contribution in [0.1, 0.15) is 32.5 Å². The van der Waals surface area contributed by atoms with Crippen molar-refractivity contribution in [1.82, 2.24) is 9.97 Å². The monoisotopic (exact) mass is 277 g/mol. The zero-order valence-corrected chi connectivity index (χ0v) is 11.1. The van der Waals surface area contributed by atoms with Gasteiger partial charge in [-0.3, -0.25) is 0 Å². The molecule has 0 unspecified atom stereocenters. The summed E-state index contributed by atoms with van der Waals surface area (Å²) in [6, 6.07) is 1.40. The number of hydrazine groups is 1. The summed E-state index contributed by atoms with van der Waals surface area (Å²) in [6.07, 6.45) is -4.28. The van der Waals surface area contributed by atoms with E-state index >= 15 is 0 Å². The van der Waals surface area contributed by atoms with Gasteiger partial charge in [-0.1, -0.05) is 13.8 Å². The quantitative estimate of drug-likeness (QED) is 0.638. The Morgan fingerprint density at radius 3 is 2.42 bits per heavy atom. The second-order valence-corrected chi connectivity index (χ2v) is 4.40. The van der Waals surface area contributed by atoms with Gasteiger partial charge in [0, 0.05) is 18.5 Å². The molecule has 0 radical (unpaired) electrons. The average Bonchev–Trinajstić information content (AvgIpc) is 2.34. The average molecular weight is 277 g/mol. The van der Waals surface area contributed by atoms with Crippen LogP contribution in [0.25, 0.3) is 0 Å². The van der Waals surface area contributed by atoms with Crippen LogP contribution in [0.5, 0.6) is 0 Å². The first-order valence-corrected chi connectivity index (χ1v) is 5.94. The smallest absolute Gasteiger partial charge is 0.348 e. The summed E-state index contributed by atoms with van der Waals surface area (Å²) in [6.45, 7) is 4.50. The van der Waals surface area contributed by atoms with Gasteiger partial charge in [0.15, 0.2) is 0 Å². The lowest BCUT2D eigenvalue weighted by Crippen LogP contribution is -2.35. The number of nitrogens with one attached hydrogen (secondary N) is 1. The predicted octanol–water partition coefficient (Wildman–Crippen LogP) is 2.27. The van der Waals surface area contributed by atoms with E-state index in [1.165, 1.54) is 6.07 Å². The first kappa shape index (κ1) is 15.5. The molecular weight excluding hydrogens is 259 g/mol. The van der Waals surface area contributed by atoms with Crippen molar-refractivity contribution in [3.05, 3.63) is 11.9 Å². The van der Waals surface area contributed by atoms with Crippen LogP contribution in [-0.2, 0) is 0 Å². The molecule has 1 aromatic rings. The van der Waals surface area contributed by atoms with Crippen molar-refractivity contribution in [2.45, 2.75) is 32.9 Å². The van der Waals surface area contributed by atoms with E-state index in [-0.39, 0.29) is 18.3 Å². The molecule has 1 heterocycles. The summed E-state index contributed by atoms with van der Waals surface area (Å²) in [5, 5.41) is 0. The summed E-state index contributed by atoms with van der Waals surface area (Å²) in [7, 11) is 0. The molecule has 0 fully saturated rings. The summed E-state index contributed by atoms with van der Waals surface area (Å²) < 4.78 is 37.5. The topological polar surface area (TPSA) is 67.1 Å². The van der Waals surface area contributed by atoms with Gasteiger partial charge in [0.05, 0.1) is 0 Å². The van der Waals surface area contributed by atoms with Gasteiger partial charge in [-0.05, 0) is 6.92 Å². The van der Waals surface area contributed by atoms with Crippen molar-refractivity contribution < 1.29 is 13.2 Å². The second kappa shape index (κ2) is 6.05. The van der Waals surface area contributed by atoms with Crippen molar-refractivity contribution in [3.8, 4) is 0 Å². The molecular formula is C11H18F3N5. The Kier molecular flexibility index (Phi) is 4.93. The molecule has 0 bridgehead atoms. The molecule has 8 heteroatoms. The van der Waals surface area contributed by atoms with E-state index in [0.29, 0.717) is 11.6 Å². The molecule has 0 spiro atoms. The van der Waals surface area contributed by atoms with E-state index in [0.717, 1.165) is 4.90 Å². The fraction of sp³-hybridized carbons (Fsp3) is 0.636. The molecule has 3 N–H and O–H groups in total. The lowest BCUT2D eigenvalue weighted by Gasteiger charge is -2.24. The minimum absolute atomic E-state index is 0.00311. The third-order valence-corrected chi connectivity index (χ3v) is 2.47. The first-order valence-electron chi connectivity index (χ1n) is 5.94. The number of rotatable bonds is 5. The van der Waals surface area contributed by atoms with Crippen molar-refractivity contribution in [2.75, 3.05) is 23.4 Å². The molecule has 0 aromatic carbocycles. The standard InChI is InChI=1S/C11H18F3N5/c1-4-19(6-11(12,13)14)9-5-8(18-15)16-10(17-9)7(2)3/h5,7H,4,6,15H2,1-3H3,(H,16,17,18). The molecule has 1 rings (SSSR count). The Balaban J connectivity index is 3.12. The molecule has 108 valence electrons. The predicted molar refractivity (Wildman–Crippen MR) is 67.9 cm³/mol. The summed E-state index contributed by atoms with van der Waals surface area (Å²) >= 11 is 0. The Morgan fingerprint density at radius 1 is 1.37 bits per heavy atom. The number of alkyl halides is 3. The maximum atomic E-state index is 12.5. The summed E-state index contributed by atoms with van der Waals surface area (Å²) in [4.78, 5) is 9.40. The Morgan fingerprint density at radius 2 is 2.00 bits per heavy atom. The van der Waals surface area contributed by atoms with Crippen LogP contribution in [0.3, 0.4) is 0 Å². The molecule has 5 nitrogen and oxygen atoms in total. The highest BCUT2D eigenvalue weighted by Gasteiger charge is 2.31. The van der Waals surface area contributed by atoms with Gasteiger partial charge in [0.25, 0.3) is 0 Å². The minimum atomic E-state index is -4.28. The molecule has 1 aromatic heterocycles. The molecule has 0 saturated heterocycles. The fourth-order valence-electron chi connectivity index (χ4n) is 1.52. The van der Waals surface area contributed by atoms with E-state index < -0.39 is 12.7 Å². The van der Waals surface area contributed by atoms with Crippen LogP contribution in [-0.4, -0.2) is 29.2 Å². The number of hydrogen-bond donors (Lipinski definition) is 2. The van der Waals surface area contributed by atoms with Crippen LogP contribution in [0.2, 0.25) is 0 Å². The lowest BCUT2D eigenvalue weighted by molar-refractivity contribution is -0.119. The van der Waals surface area contributed by atoms with Gasteiger partial charge in [0.1, 0.15) is 24.0 Å². The number of anilines is 2. The van der Waals surface area contributed by atoms with Crippen molar-refractivity contribution >= 4 is 11.6 Å². The number of nitrogens with two attached hydrogens (primary N) is 1. The van der Waals surface area contributed by atoms with E-state index in [1.54, 1.807) is 6.92 Å². The third kappa shape index (κ3) is 4.55. The lowest BCUT2D eigenvalue weighted by atomic mass is 10.2. The van der Waals surface area contributed by atoms with Crippen LogP contribution >= 0.6 is 0 Å². The van der Waals surface area contributed by atoms with E-state index in [4.69, 9.17) is 5.84 Å². The second-order valence-electron chi connectivity index (χ2n) is 4.40. The summed E-state index contributed by atoms with van der Waals surface area (Å²) in [5.41, 5.74) is 2.35. The zero-order chi connectivity index (χ0) is 14.6. The van der Waals surface area contributed by atoms with Gasteiger partial charge in [-0.2, -0.15) is 13.2 Å². The van der Waals surface area contributed by atoms with Crippen molar-refractivity contribution in [3.63, 3.8) is 0 Å². The van der Waals surface area contributed by atoms with Crippen molar-refractivity contribution in [1.29, 1.82) is 0 Å². The molecule has 0 amide bonds. The first-order chi connectivity index (χ1) is 8.76. The molecule has 0 aliphatic rings. The van der Waals surface area contributed by atoms with E-state index in [2.05, 4.69) is 15.4 Å². The van der Waals surface area contributed by atoms with Gasteiger partial charge in [0.2, 0.25) is 0 Å². The van der Waals surface area contributed by atoms with Gasteiger partial charge in [-0.15, -0.1) is 0 Å². The molecule has 0 aliphatic carbocycles. The SMILES string of the molecule is CCN(CC(F)(F)F)c1cc(NN)nc(C(C)C)n1. The molecule has 0 saturated carbocycles. The van der Waals surface area contributed by atoms with Gasteiger partial charge >= 0.3 is 6.18 Å². The zero-order valence-electron chi connectivity index (χ0n) is 11.1. The van der Waals surface area contributed by atoms with Crippen LogP contribution in [0.15, 0.2) is 6.07 Å². The van der Waals surface area contributed by atoms with Crippen LogP contribution in [0, 0.1) is 0 Å². The van der Waals surface area contributed by atoms with Crippen molar-refractivity contribution in [2.24, 2.45) is 5.84 Å². The number of halogens is 3. The number of nitrogens with zero attached hydrogens (tertiary/aromatic N) is 3. The fourth-order valence-corrected chi connectivity index (χ4v) is 1.52. The van der Waals surface area contributed by atoms with Crippen LogP contribution in [0.4, 0.5) is 24.8 Å². The summed E-state index contributed by atoms with van der Waals surface area (Å²) in [5.74, 6) is 6.24. The number of nitrogen functional groups attached to an aromatic ring is 1. The number of hydrogen-bond acceptors (Lipinski definition) is 5. The highest BCUT2D eigenvalue weighted by Crippen LogP contribution is 2.23. The normalized spacial score (nSPS) is 11.8. The maximum Gasteiger partial charge on any atom is 0.405 e. The molecule has 0 atom stereocenters. The Hall–Kier alpha value is -1.57. The Labute approximate surface area is 110 Å². The van der Waals surface area contributed by atoms with Crippen LogP contribution < -0.4 is 16.2 Å². The van der Waals surface area contributed by atoms with E-state index in [1.807, 2.05) is 13.8 Å². The minimum Gasteiger partial charge on any atom is -0.348 e.